The largest absolute Gasteiger partial charge is 0.350 e. The van der Waals surface area contributed by atoms with Crippen LogP contribution in [-0.4, -0.2) is 37.0 Å². The zero-order valence-electron chi connectivity index (χ0n) is 13.6. The second-order valence-electron chi connectivity index (χ2n) is 6.06. The van der Waals surface area contributed by atoms with Gasteiger partial charge in [0.1, 0.15) is 0 Å². The Morgan fingerprint density at radius 3 is 2.67 bits per heavy atom. The molecule has 2 heterocycles. The number of rotatable bonds is 6. The van der Waals surface area contributed by atoms with Crippen molar-refractivity contribution in [2.75, 3.05) is 26.2 Å². The second-order valence-corrected chi connectivity index (χ2v) is 7.10. The van der Waals surface area contributed by atoms with Crippen molar-refractivity contribution in [1.29, 1.82) is 0 Å². The fraction of sp³-hybridized carbons (Fsp3) is 0.389. The molecular weight excluding hydrogens is 342 g/mol. The van der Waals surface area contributed by atoms with E-state index in [0.29, 0.717) is 31.5 Å². The van der Waals surface area contributed by atoms with Crippen molar-refractivity contribution < 1.29 is 4.79 Å². The van der Waals surface area contributed by atoms with Gasteiger partial charge < -0.3 is 11.1 Å². The van der Waals surface area contributed by atoms with Crippen molar-refractivity contribution in [2.24, 2.45) is 11.7 Å². The van der Waals surface area contributed by atoms with Crippen LogP contribution in [0.4, 0.5) is 0 Å². The number of hydrogen-bond donors (Lipinski definition) is 2. The Morgan fingerprint density at radius 1 is 1.21 bits per heavy atom. The van der Waals surface area contributed by atoms with Crippen LogP contribution in [0.15, 0.2) is 47.8 Å². The summed E-state index contributed by atoms with van der Waals surface area (Å²) in [6.45, 7) is 3.52. The minimum atomic E-state index is 0. The maximum atomic E-state index is 12.2. The van der Waals surface area contributed by atoms with Gasteiger partial charge in [0, 0.05) is 23.9 Å². The predicted octanol–water partition coefficient (Wildman–Crippen LogP) is 2.46. The maximum Gasteiger partial charge on any atom is 0.234 e. The molecule has 2 aromatic rings. The van der Waals surface area contributed by atoms with Crippen molar-refractivity contribution in [3.05, 3.63) is 58.3 Å². The molecule has 0 radical (unpaired) electrons. The quantitative estimate of drug-likeness (QED) is 0.826. The van der Waals surface area contributed by atoms with Crippen LogP contribution in [0.25, 0.3) is 0 Å². The van der Waals surface area contributed by atoms with Crippen LogP contribution < -0.4 is 11.1 Å². The molecule has 0 saturated carbocycles. The zero-order valence-corrected chi connectivity index (χ0v) is 15.2. The molecular formula is C18H24ClN3OS. The Labute approximate surface area is 153 Å². The lowest BCUT2D eigenvalue weighted by molar-refractivity contribution is -0.122. The first-order valence-corrected chi connectivity index (χ1v) is 8.90. The molecule has 4 nitrogen and oxygen atoms in total. The van der Waals surface area contributed by atoms with E-state index in [-0.39, 0.29) is 18.3 Å². The summed E-state index contributed by atoms with van der Waals surface area (Å²) in [6, 6.07) is 14.5. The Kier molecular flexibility index (Phi) is 7.24. The van der Waals surface area contributed by atoms with E-state index in [9.17, 15) is 4.79 Å². The van der Waals surface area contributed by atoms with Gasteiger partial charge in [-0.25, -0.2) is 0 Å². The number of nitrogens with two attached hydrogens (primary N) is 1. The fourth-order valence-corrected chi connectivity index (χ4v) is 3.91. The second kappa shape index (κ2) is 9.18. The third-order valence-corrected chi connectivity index (χ3v) is 5.33. The number of likely N-dealkylation sites (tertiary alicyclic amines) is 1. The van der Waals surface area contributed by atoms with E-state index in [0.717, 1.165) is 13.1 Å². The molecule has 3 rings (SSSR count). The monoisotopic (exact) mass is 365 g/mol. The van der Waals surface area contributed by atoms with Crippen molar-refractivity contribution in [3.63, 3.8) is 0 Å². The number of carbonyl (C=O) groups excluding carboxylic acids is 1. The summed E-state index contributed by atoms with van der Waals surface area (Å²) in [6.07, 6.45) is 0. The molecule has 0 unspecified atom stereocenters. The van der Waals surface area contributed by atoms with Crippen molar-refractivity contribution >= 4 is 29.7 Å². The molecule has 1 aromatic carbocycles. The first-order valence-electron chi connectivity index (χ1n) is 8.02. The predicted molar refractivity (Wildman–Crippen MR) is 102 cm³/mol. The van der Waals surface area contributed by atoms with Gasteiger partial charge in [-0.3, -0.25) is 9.69 Å². The highest BCUT2D eigenvalue weighted by atomic mass is 35.5. The molecule has 1 amide bonds. The number of nitrogens with zero attached hydrogens (tertiary/aromatic N) is 1. The molecule has 2 atom stereocenters. The molecule has 0 aliphatic carbocycles. The van der Waals surface area contributed by atoms with Crippen LogP contribution in [0.3, 0.4) is 0 Å². The molecule has 0 spiro atoms. The number of thiophene rings is 1. The van der Waals surface area contributed by atoms with Gasteiger partial charge in [-0.05, 0) is 29.5 Å². The van der Waals surface area contributed by atoms with E-state index < -0.39 is 0 Å². The number of carbonyl (C=O) groups is 1. The van der Waals surface area contributed by atoms with E-state index >= 15 is 0 Å². The Bertz CT molecular complexity index is 620. The molecule has 1 aromatic heterocycles. The van der Waals surface area contributed by atoms with Gasteiger partial charge in [0.2, 0.25) is 5.91 Å². The van der Waals surface area contributed by atoms with Gasteiger partial charge in [-0.1, -0.05) is 36.4 Å². The molecule has 1 fully saturated rings. The van der Waals surface area contributed by atoms with Gasteiger partial charge in [0.25, 0.3) is 0 Å². The van der Waals surface area contributed by atoms with E-state index in [4.69, 9.17) is 5.73 Å². The van der Waals surface area contributed by atoms with Crippen LogP contribution in [-0.2, 0) is 11.3 Å². The van der Waals surface area contributed by atoms with Crippen LogP contribution in [0.1, 0.15) is 16.4 Å². The Morgan fingerprint density at radius 2 is 2.00 bits per heavy atom. The molecule has 130 valence electrons. The summed E-state index contributed by atoms with van der Waals surface area (Å²) in [4.78, 5) is 15.6. The van der Waals surface area contributed by atoms with Gasteiger partial charge >= 0.3 is 0 Å². The maximum absolute atomic E-state index is 12.2. The van der Waals surface area contributed by atoms with Gasteiger partial charge in [0.05, 0.1) is 13.1 Å². The lowest BCUT2D eigenvalue weighted by atomic mass is 9.89. The van der Waals surface area contributed by atoms with E-state index in [1.807, 2.05) is 23.6 Å². The molecule has 1 saturated heterocycles. The van der Waals surface area contributed by atoms with Crippen LogP contribution in [0.2, 0.25) is 0 Å². The van der Waals surface area contributed by atoms with Gasteiger partial charge in [0.15, 0.2) is 0 Å². The SMILES string of the molecule is Cl.NC[C@@H]1CN(CC(=O)NCc2cccs2)C[C@H]1c1ccccc1. The highest BCUT2D eigenvalue weighted by molar-refractivity contribution is 7.09. The highest BCUT2D eigenvalue weighted by Gasteiger charge is 2.33. The summed E-state index contributed by atoms with van der Waals surface area (Å²) in [5.74, 6) is 0.927. The average molecular weight is 366 g/mol. The molecule has 1 aliphatic heterocycles. The number of amides is 1. The van der Waals surface area contributed by atoms with Crippen molar-refractivity contribution in [3.8, 4) is 0 Å². The fourth-order valence-electron chi connectivity index (χ4n) is 3.26. The molecule has 1 aliphatic rings. The Balaban J connectivity index is 0.00000208. The number of hydrogen-bond acceptors (Lipinski definition) is 4. The lowest BCUT2D eigenvalue weighted by Crippen LogP contribution is -2.36. The molecule has 6 heteroatoms. The summed E-state index contributed by atoms with van der Waals surface area (Å²) in [5.41, 5.74) is 7.28. The van der Waals surface area contributed by atoms with E-state index in [2.05, 4.69) is 34.5 Å². The normalized spacial score (nSPS) is 20.5. The minimum Gasteiger partial charge on any atom is -0.350 e. The van der Waals surface area contributed by atoms with E-state index in [1.54, 1.807) is 11.3 Å². The summed E-state index contributed by atoms with van der Waals surface area (Å²) in [7, 11) is 0. The third kappa shape index (κ3) is 4.80. The smallest absolute Gasteiger partial charge is 0.234 e. The first-order chi connectivity index (χ1) is 11.3. The van der Waals surface area contributed by atoms with Gasteiger partial charge in [-0.2, -0.15) is 0 Å². The minimum absolute atomic E-state index is 0. The number of benzene rings is 1. The zero-order chi connectivity index (χ0) is 16.1. The molecule has 0 bridgehead atoms. The highest BCUT2D eigenvalue weighted by Crippen LogP contribution is 2.31. The van der Waals surface area contributed by atoms with Crippen LogP contribution in [0, 0.1) is 5.92 Å². The number of nitrogens with one attached hydrogen (secondary N) is 1. The van der Waals surface area contributed by atoms with E-state index in [1.165, 1.54) is 10.4 Å². The van der Waals surface area contributed by atoms with Gasteiger partial charge in [-0.15, -0.1) is 23.7 Å². The molecule has 24 heavy (non-hydrogen) atoms. The topological polar surface area (TPSA) is 58.4 Å². The van der Waals surface area contributed by atoms with Crippen LogP contribution in [0.5, 0.6) is 0 Å². The summed E-state index contributed by atoms with van der Waals surface area (Å²) in [5, 5.41) is 5.02. The van der Waals surface area contributed by atoms with Crippen molar-refractivity contribution in [1.82, 2.24) is 10.2 Å². The first kappa shape index (κ1) is 18.9. The lowest BCUT2D eigenvalue weighted by Gasteiger charge is -2.16. The molecule has 3 N–H and O–H groups in total. The standard InChI is InChI=1S/C18H23N3OS.ClH/c19-9-15-11-21(12-17(15)14-5-2-1-3-6-14)13-18(22)20-10-16-7-4-8-23-16;/h1-8,15,17H,9-13,19H2,(H,20,22);1H/t15-,17+;/m1./s1. The number of halogens is 1. The van der Waals surface area contributed by atoms with Crippen LogP contribution >= 0.6 is 23.7 Å². The third-order valence-electron chi connectivity index (χ3n) is 4.45. The average Bonchev–Trinajstić information content (AvgIpc) is 3.23. The summed E-state index contributed by atoms with van der Waals surface area (Å²) >= 11 is 1.66. The Hall–Kier alpha value is -1.40. The summed E-state index contributed by atoms with van der Waals surface area (Å²) < 4.78 is 0. The van der Waals surface area contributed by atoms with Crippen molar-refractivity contribution in [2.45, 2.75) is 12.5 Å².